The van der Waals surface area contributed by atoms with Crippen molar-refractivity contribution >= 4 is 142 Å². The molecule has 0 fully saturated rings. The summed E-state index contributed by atoms with van der Waals surface area (Å²) in [6, 6.07) is 0. The van der Waals surface area contributed by atoms with Crippen LogP contribution in [-0.4, -0.2) is 142 Å². The Hall–Kier alpha value is 4.47. The van der Waals surface area contributed by atoms with Gasteiger partial charge in [0, 0.05) is 17.1 Å². The third kappa shape index (κ3) is 618. The van der Waals surface area contributed by atoms with Crippen molar-refractivity contribution < 1.29 is 114 Å². The first-order chi connectivity index (χ1) is 8.49. The first-order valence-corrected chi connectivity index (χ1v) is 8.49. The quantitative estimate of drug-likeness (QED) is 0.214. The van der Waals surface area contributed by atoms with Crippen molar-refractivity contribution in [2.24, 2.45) is 0 Å². The maximum absolute atomic E-state index is 8.46. The minimum atomic E-state index is -1.75. The first kappa shape index (κ1) is 56.2. The molecule has 0 bridgehead atoms. The Morgan fingerprint density at radius 3 is 0.429 bits per heavy atom. The molecule has 0 aromatic heterocycles. The van der Waals surface area contributed by atoms with Gasteiger partial charge in [-0.3, -0.25) is 0 Å². The van der Waals surface area contributed by atoms with Crippen LogP contribution in [-0.2, 0) is 39.9 Å². The van der Waals surface area contributed by atoms with Gasteiger partial charge < -0.3 is 0 Å². The fourth-order valence-corrected chi connectivity index (χ4v) is 0. The van der Waals surface area contributed by atoms with Gasteiger partial charge in [-0.15, -0.1) is 0 Å². The van der Waals surface area contributed by atoms with E-state index in [1.165, 1.54) is 0 Å². The molecule has 0 unspecified atom stereocenters. The summed E-state index contributed by atoms with van der Waals surface area (Å²) in [6.07, 6.45) is 0. The normalized spacial score (nSPS) is 2.29. The number of rotatable bonds is 0. The molecule has 0 saturated heterocycles. The molecule has 0 heterocycles. The van der Waals surface area contributed by atoms with Crippen molar-refractivity contribution in [1.29, 1.82) is 0 Å². The van der Waals surface area contributed by atoms with Crippen molar-refractivity contribution in [2.75, 3.05) is 0 Å². The Morgan fingerprint density at radius 2 is 0.429 bits per heavy atom. The van der Waals surface area contributed by atoms with Crippen molar-refractivity contribution in [1.82, 2.24) is 0 Å². The molecule has 0 aliphatic carbocycles. The molecule has 21 heteroatoms. The molecule has 107 valence electrons. The average molecular weight is 698 g/mol. The van der Waals surface area contributed by atoms with Crippen LogP contribution in [0.15, 0.2) is 0 Å². The SMILES string of the molecule is [Ba+2].[Eu+3].[Mn].[O]=[Al][O-].[O]=[Al][O-].[O]=[Al][O-].[O]=[Al][O-].[O]=[Al][O-].[O]=[Al][O-]. The van der Waals surface area contributed by atoms with Gasteiger partial charge in [0.05, 0.1) is 0 Å². The van der Waals surface area contributed by atoms with Gasteiger partial charge in [0.25, 0.3) is 0 Å². The topological polar surface area (TPSA) is 241 Å². The maximum atomic E-state index is 8.46. The van der Waals surface area contributed by atoms with Gasteiger partial charge in [-0.05, 0) is 0 Å². The van der Waals surface area contributed by atoms with Crippen LogP contribution in [0.2, 0.25) is 0 Å². The third-order valence-electron chi connectivity index (χ3n) is 0. The zero-order valence-electron chi connectivity index (χ0n) is 9.83. The molecule has 21 heavy (non-hydrogen) atoms. The minimum absolute atomic E-state index is 0. The predicted octanol–water partition coefficient (Wildman–Crippen LogP) is -10.5. The van der Waals surface area contributed by atoms with E-state index < -0.39 is 92.9 Å². The molecular formula is Al6BaEuMnO12-. The molecule has 0 aliphatic heterocycles. The van der Waals surface area contributed by atoms with E-state index in [1.807, 2.05) is 0 Å². The van der Waals surface area contributed by atoms with Crippen molar-refractivity contribution in [3.05, 3.63) is 0 Å². The molecule has 0 spiro atoms. The van der Waals surface area contributed by atoms with E-state index >= 15 is 0 Å². The van der Waals surface area contributed by atoms with Gasteiger partial charge in [-0.1, -0.05) is 0 Å². The first-order valence-electron chi connectivity index (χ1n) is 2.83. The van der Waals surface area contributed by atoms with Gasteiger partial charge in [0.15, 0.2) is 0 Å². The summed E-state index contributed by atoms with van der Waals surface area (Å²) < 4.78 is 101. The predicted molar refractivity (Wildman–Crippen MR) is 44.4 cm³/mol. The monoisotopic (exact) mass is 700 g/mol. The van der Waals surface area contributed by atoms with Crippen molar-refractivity contribution in [3.63, 3.8) is 0 Å². The summed E-state index contributed by atoms with van der Waals surface area (Å²) in [5.41, 5.74) is 0. The Bertz CT molecular complexity index is 125. The molecule has 0 N–H and O–H groups in total. The Kier molecular flexibility index (Phi) is 329. The van der Waals surface area contributed by atoms with Crippen LogP contribution in [0, 0.1) is 49.4 Å². The Balaban J connectivity index is -0.0000000114. The van der Waals surface area contributed by atoms with Crippen LogP contribution in [0.1, 0.15) is 0 Å². The van der Waals surface area contributed by atoms with E-state index in [4.69, 9.17) is 47.8 Å². The molecular weight excluding hydrogens is 698 g/mol. The van der Waals surface area contributed by atoms with E-state index in [9.17, 15) is 0 Å². The van der Waals surface area contributed by atoms with E-state index in [0.717, 1.165) is 0 Å². The Labute approximate surface area is 249 Å². The second-order valence-corrected chi connectivity index (χ2v) is 1.73. The molecule has 1 radical (unpaired) electrons. The number of hydrogen-bond donors (Lipinski definition) is 0. The standard InChI is InChI=1S/6Al.Ba.Eu.Mn.12O/q;;;;;;+2;+3;;;;;;;;6*-1. The fraction of sp³-hybridized carbons (Fsp3) is 0. The molecule has 0 saturated carbocycles. The summed E-state index contributed by atoms with van der Waals surface area (Å²) in [7, 11) is 0. The zero-order chi connectivity index (χ0) is 16.2. The van der Waals surface area contributed by atoms with Gasteiger partial charge in [-0.25, -0.2) is 0 Å². The van der Waals surface area contributed by atoms with Gasteiger partial charge in [0.2, 0.25) is 0 Å². The van der Waals surface area contributed by atoms with E-state index in [0.29, 0.717) is 0 Å². The molecule has 0 aromatic carbocycles. The molecule has 12 nitrogen and oxygen atoms in total. The fourth-order valence-electron chi connectivity index (χ4n) is 0. The van der Waals surface area contributed by atoms with Crippen LogP contribution in [0.4, 0.5) is 0 Å². The summed E-state index contributed by atoms with van der Waals surface area (Å²) in [5.74, 6) is 0. The summed E-state index contributed by atoms with van der Waals surface area (Å²) in [4.78, 5) is 0. The van der Waals surface area contributed by atoms with Gasteiger partial charge in [0.1, 0.15) is 0 Å². The average Bonchev–Trinajstić information content (AvgIpc) is 2.23. The van der Waals surface area contributed by atoms with E-state index in [1.54, 1.807) is 0 Å². The second kappa shape index (κ2) is 123. The van der Waals surface area contributed by atoms with Gasteiger partial charge in [-0.2, -0.15) is 0 Å². The molecule has 0 aromatic rings. The summed E-state index contributed by atoms with van der Waals surface area (Å²) in [5, 5.41) is 0. The van der Waals surface area contributed by atoms with Gasteiger partial charge >= 0.3 is 239 Å². The molecule has 0 amide bonds. The second-order valence-electron chi connectivity index (χ2n) is 0.577. The Morgan fingerprint density at radius 1 is 0.429 bits per heavy atom. The molecule has 0 atom stereocenters. The third-order valence-corrected chi connectivity index (χ3v) is 0. The van der Waals surface area contributed by atoms with Crippen LogP contribution < -0.4 is 24.9 Å². The summed E-state index contributed by atoms with van der Waals surface area (Å²) in [6.45, 7) is 0. The molecule has 0 rings (SSSR count). The van der Waals surface area contributed by atoms with E-state index in [2.05, 4.69) is 0 Å². The van der Waals surface area contributed by atoms with Crippen molar-refractivity contribution in [2.45, 2.75) is 0 Å². The summed E-state index contributed by atoms with van der Waals surface area (Å²) >= 11 is -10.5. The zero-order valence-corrected chi connectivity index (χ0v) is 24.8. The van der Waals surface area contributed by atoms with E-state index in [-0.39, 0.29) is 115 Å². The number of hydrogen-bond acceptors (Lipinski definition) is 12. The van der Waals surface area contributed by atoms with Crippen LogP contribution in [0.5, 0.6) is 0 Å². The van der Waals surface area contributed by atoms with Crippen LogP contribution >= 0.6 is 0 Å². The van der Waals surface area contributed by atoms with Crippen molar-refractivity contribution in [3.8, 4) is 0 Å². The van der Waals surface area contributed by atoms with Crippen LogP contribution in [0.25, 0.3) is 0 Å². The van der Waals surface area contributed by atoms with Crippen LogP contribution in [0.3, 0.4) is 0 Å². The molecule has 0 aliphatic rings.